The Morgan fingerprint density at radius 1 is 1.38 bits per heavy atom. The smallest absolute Gasteiger partial charge is 0.0496 e. The molecule has 1 aromatic carbocycles. The summed E-state index contributed by atoms with van der Waals surface area (Å²) in [7, 11) is 4.45. The highest BCUT2D eigenvalue weighted by atomic mass is 79.9. The Labute approximate surface area is 137 Å². The molecule has 1 fully saturated rings. The van der Waals surface area contributed by atoms with Crippen LogP contribution in [0.5, 0.6) is 0 Å². The quantitative estimate of drug-likeness (QED) is 0.851. The van der Waals surface area contributed by atoms with E-state index in [-0.39, 0.29) is 12.1 Å². The molecule has 0 aromatic heterocycles. The summed E-state index contributed by atoms with van der Waals surface area (Å²) in [6.45, 7) is 4.48. The Bertz CT molecular complexity index is 434. The largest absolute Gasteiger partial charge is 0.326 e. The van der Waals surface area contributed by atoms with Crippen LogP contribution in [-0.4, -0.2) is 49.1 Å². The first-order valence-corrected chi connectivity index (χ1v) is 8.73. The van der Waals surface area contributed by atoms with Crippen molar-refractivity contribution in [1.29, 1.82) is 0 Å². The molecule has 3 nitrogen and oxygen atoms in total. The Kier molecular flexibility index (Phi) is 6.23. The lowest BCUT2D eigenvalue weighted by Gasteiger charge is -2.35. The standard InChI is InChI=1S/C17H28BrN3/c1-4-16(19)17(13-7-9-14(18)10-8-13)21(3)12-15-6-5-11-20(15)2/h7-10,15-17H,4-6,11-12,19H2,1-3H3. The van der Waals surface area contributed by atoms with E-state index in [1.165, 1.54) is 24.9 Å². The number of likely N-dealkylation sites (N-methyl/N-ethyl adjacent to an activating group) is 2. The number of hydrogen-bond acceptors (Lipinski definition) is 3. The van der Waals surface area contributed by atoms with Crippen LogP contribution in [0.1, 0.15) is 37.8 Å². The summed E-state index contributed by atoms with van der Waals surface area (Å²) in [6.07, 6.45) is 3.61. The summed E-state index contributed by atoms with van der Waals surface area (Å²) in [5.74, 6) is 0. The third kappa shape index (κ3) is 4.28. The third-order valence-corrected chi connectivity index (χ3v) is 5.26. The summed E-state index contributed by atoms with van der Waals surface area (Å²) in [6, 6.07) is 9.73. The predicted octanol–water partition coefficient (Wildman–Crippen LogP) is 3.25. The fraction of sp³-hybridized carbons (Fsp3) is 0.647. The van der Waals surface area contributed by atoms with Gasteiger partial charge in [0.2, 0.25) is 0 Å². The van der Waals surface area contributed by atoms with E-state index in [4.69, 9.17) is 5.73 Å². The van der Waals surface area contributed by atoms with Gasteiger partial charge in [-0.2, -0.15) is 0 Å². The first-order chi connectivity index (χ1) is 10.0. The van der Waals surface area contributed by atoms with Gasteiger partial charge in [-0.15, -0.1) is 0 Å². The average Bonchev–Trinajstić information content (AvgIpc) is 2.86. The predicted molar refractivity (Wildman–Crippen MR) is 93.4 cm³/mol. The number of nitrogens with zero attached hydrogens (tertiary/aromatic N) is 2. The van der Waals surface area contributed by atoms with Gasteiger partial charge in [0, 0.05) is 29.1 Å². The van der Waals surface area contributed by atoms with Crippen LogP contribution >= 0.6 is 15.9 Å². The Balaban J connectivity index is 2.13. The molecule has 1 aromatic rings. The zero-order valence-electron chi connectivity index (χ0n) is 13.4. The Morgan fingerprint density at radius 2 is 2.05 bits per heavy atom. The van der Waals surface area contributed by atoms with Gasteiger partial charge in [0.15, 0.2) is 0 Å². The van der Waals surface area contributed by atoms with Crippen molar-refractivity contribution in [2.24, 2.45) is 5.73 Å². The highest BCUT2D eigenvalue weighted by Gasteiger charge is 2.28. The van der Waals surface area contributed by atoms with Gasteiger partial charge in [0.05, 0.1) is 0 Å². The van der Waals surface area contributed by atoms with E-state index in [1.807, 2.05) is 0 Å². The van der Waals surface area contributed by atoms with Crippen molar-refractivity contribution in [2.45, 2.75) is 44.3 Å². The van der Waals surface area contributed by atoms with Crippen molar-refractivity contribution >= 4 is 15.9 Å². The summed E-state index contributed by atoms with van der Waals surface area (Å²) < 4.78 is 1.12. The molecule has 4 heteroatoms. The lowest BCUT2D eigenvalue weighted by Crippen LogP contribution is -2.44. The molecule has 0 amide bonds. The second-order valence-electron chi connectivity index (χ2n) is 6.28. The van der Waals surface area contributed by atoms with Crippen molar-refractivity contribution in [3.05, 3.63) is 34.3 Å². The third-order valence-electron chi connectivity index (χ3n) is 4.73. The first kappa shape index (κ1) is 16.9. The molecule has 3 unspecified atom stereocenters. The van der Waals surface area contributed by atoms with E-state index in [2.05, 4.69) is 71.0 Å². The number of benzene rings is 1. The van der Waals surface area contributed by atoms with Gasteiger partial charge in [-0.1, -0.05) is 35.0 Å². The molecule has 1 saturated heterocycles. The van der Waals surface area contributed by atoms with Crippen LogP contribution in [0.15, 0.2) is 28.7 Å². The molecule has 0 radical (unpaired) electrons. The van der Waals surface area contributed by atoms with Crippen LogP contribution in [0.4, 0.5) is 0 Å². The molecule has 0 saturated carbocycles. The van der Waals surface area contributed by atoms with Gasteiger partial charge in [-0.3, -0.25) is 4.90 Å². The lowest BCUT2D eigenvalue weighted by molar-refractivity contribution is 0.157. The number of likely N-dealkylation sites (tertiary alicyclic amines) is 1. The molecule has 0 spiro atoms. The molecular formula is C17H28BrN3. The summed E-state index contributed by atoms with van der Waals surface area (Å²) in [5.41, 5.74) is 7.75. The van der Waals surface area contributed by atoms with E-state index in [1.54, 1.807) is 0 Å². The van der Waals surface area contributed by atoms with Gasteiger partial charge < -0.3 is 10.6 Å². The second kappa shape index (κ2) is 7.73. The van der Waals surface area contributed by atoms with Gasteiger partial charge in [0.1, 0.15) is 0 Å². The van der Waals surface area contributed by atoms with E-state index in [9.17, 15) is 0 Å². The minimum atomic E-state index is 0.169. The Morgan fingerprint density at radius 3 is 2.57 bits per heavy atom. The van der Waals surface area contributed by atoms with Crippen molar-refractivity contribution in [3.8, 4) is 0 Å². The van der Waals surface area contributed by atoms with E-state index >= 15 is 0 Å². The topological polar surface area (TPSA) is 32.5 Å². The fourth-order valence-electron chi connectivity index (χ4n) is 3.37. The monoisotopic (exact) mass is 353 g/mol. The molecule has 0 bridgehead atoms. The zero-order valence-corrected chi connectivity index (χ0v) is 15.0. The Hall–Kier alpha value is -0.420. The molecule has 118 valence electrons. The highest BCUT2D eigenvalue weighted by molar-refractivity contribution is 9.10. The maximum atomic E-state index is 6.43. The minimum Gasteiger partial charge on any atom is -0.326 e. The van der Waals surface area contributed by atoms with Crippen molar-refractivity contribution in [2.75, 3.05) is 27.2 Å². The van der Waals surface area contributed by atoms with Crippen molar-refractivity contribution in [1.82, 2.24) is 9.80 Å². The van der Waals surface area contributed by atoms with Gasteiger partial charge in [-0.25, -0.2) is 0 Å². The number of rotatable bonds is 6. The molecule has 3 atom stereocenters. The molecule has 1 aliphatic heterocycles. The van der Waals surface area contributed by atoms with E-state index < -0.39 is 0 Å². The molecule has 2 rings (SSSR count). The van der Waals surface area contributed by atoms with Gasteiger partial charge >= 0.3 is 0 Å². The normalized spacial score (nSPS) is 22.7. The maximum absolute atomic E-state index is 6.43. The molecule has 21 heavy (non-hydrogen) atoms. The summed E-state index contributed by atoms with van der Waals surface area (Å²) >= 11 is 3.51. The van der Waals surface area contributed by atoms with Crippen molar-refractivity contribution < 1.29 is 0 Å². The molecule has 1 aliphatic rings. The first-order valence-electron chi connectivity index (χ1n) is 7.94. The van der Waals surface area contributed by atoms with Gasteiger partial charge in [0.25, 0.3) is 0 Å². The zero-order chi connectivity index (χ0) is 15.4. The van der Waals surface area contributed by atoms with Crippen molar-refractivity contribution in [3.63, 3.8) is 0 Å². The van der Waals surface area contributed by atoms with Crippen LogP contribution in [-0.2, 0) is 0 Å². The fourth-order valence-corrected chi connectivity index (χ4v) is 3.63. The second-order valence-corrected chi connectivity index (χ2v) is 7.20. The highest BCUT2D eigenvalue weighted by Crippen LogP contribution is 2.27. The lowest BCUT2D eigenvalue weighted by atomic mass is 9.96. The molecule has 1 heterocycles. The molecule has 0 aliphatic carbocycles. The van der Waals surface area contributed by atoms with Gasteiger partial charge in [-0.05, 0) is 57.6 Å². The summed E-state index contributed by atoms with van der Waals surface area (Å²) in [5, 5.41) is 0. The molecule has 2 N–H and O–H groups in total. The van der Waals surface area contributed by atoms with Crippen LogP contribution in [0.3, 0.4) is 0 Å². The average molecular weight is 354 g/mol. The number of hydrogen-bond donors (Lipinski definition) is 1. The SMILES string of the molecule is CCC(N)C(c1ccc(Br)cc1)N(C)CC1CCCN1C. The number of halogens is 1. The minimum absolute atomic E-state index is 0.169. The maximum Gasteiger partial charge on any atom is 0.0496 e. The number of nitrogens with two attached hydrogens (primary N) is 1. The van der Waals surface area contributed by atoms with Crippen LogP contribution in [0.25, 0.3) is 0 Å². The van der Waals surface area contributed by atoms with Crippen LogP contribution in [0, 0.1) is 0 Å². The van der Waals surface area contributed by atoms with Crippen LogP contribution < -0.4 is 5.73 Å². The van der Waals surface area contributed by atoms with Crippen LogP contribution in [0.2, 0.25) is 0 Å². The van der Waals surface area contributed by atoms with E-state index in [0.29, 0.717) is 6.04 Å². The summed E-state index contributed by atoms with van der Waals surface area (Å²) in [4.78, 5) is 4.93. The molecular weight excluding hydrogens is 326 g/mol. The van der Waals surface area contributed by atoms with E-state index in [0.717, 1.165) is 17.4 Å².